The zero-order chi connectivity index (χ0) is 85.9. The Morgan fingerprint density at radius 3 is 1.60 bits per heavy atom. The molecule has 1 aliphatic heterocycles. The molecule has 26 N–H and O–H groups in total. The molecule has 0 bridgehead atoms. The maximum Gasteiger partial charge on any atom is 0.331 e. The van der Waals surface area contributed by atoms with Crippen LogP contribution < -0.4 is 87.2 Å². The highest BCUT2D eigenvalue weighted by Gasteiger charge is 2.41. The molecular weight excluding hydrogens is 1500 g/mol. The van der Waals surface area contributed by atoms with Gasteiger partial charge in [-0.15, -0.1) is 0 Å². The Labute approximate surface area is 666 Å². The van der Waals surface area contributed by atoms with Gasteiger partial charge >= 0.3 is 11.9 Å². The minimum atomic E-state index is -2.04. The topological polar surface area (TPSA) is 652 Å². The number of para-hydroxylation sites is 1. The van der Waals surface area contributed by atoms with E-state index in [0.717, 1.165) is 18.7 Å². The number of ether oxygens (including phenoxy) is 1. The first-order valence-electron chi connectivity index (χ1n) is 38.2. The van der Waals surface area contributed by atoms with Crippen LogP contribution in [0.4, 0.5) is 0 Å². The molecule has 0 aliphatic carbocycles. The Morgan fingerprint density at radius 1 is 0.583 bits per heavy atom. The molecule has 13 amide bonds. The number of nitrogens with two attached hydrogens (primary N) is 5. The summed E-state index contributed by atoms with van der Waals surface area (Å²) in [5.74, 6) is -18.9. The van der Waals surface area contributed by atoms with Gasteiger partial charge in [0.15, 0.2) is 18.0 Å². The first-order valence-corrected chi connectivity index (χ1v) is 38.2. The second kappa shape index (κ2) is 47.8. The van der Waals surface area contributed by atoms with Crippen molar-refractivity contribution in [1.29, 1.82) is 0 Å². The quantitative estimate of drug-likeness (QED) is 0.0134. The minimum absolute atomic E-state index is 0.0331. The van der Waals surface area contributed by atoms with Crippen LogP contribution in [0.3, 0.4) is 0 Å². The van der Waals surface area contributed by atoms with Gasteiger partial charge in [-0.25, -0.2) is 4.79 Å². The molecule has 0 spiro atoms. The Balaban J connectivity index is 1.99. The number of nitrogens with one attached hydrogen (secondary N) is 12. The van der Waals surface area contributed by atoms with E-state index < -0.39 is 225 Å². The van der Waals surface area contributed by atoms with E-state index in [2.05, 4.69) is 73.5 Å². The number of carboxylic acid groups (broad SMARTS) is 1. The van der Waals surface area contributed by atoms with Crippen molar-refractivity contribution in [3.8, 4) is 0 Å². The van der Waals surface area contributed by atoms with Gasteiger partial charge in [-0.2, -0.15) is 0 Å². The summed E-state index contributed by atoms with van der Waals surface area (Å²) in [4.78, 5) is 227. The number of aliphatic hydroxyl groups excluding tert-OH is 3. The number of H-pyrrole nitrogens is 1. The molecule has 15 atom stereocenters. The van der Waals surface area contributed by atoms with Crippen LogP contribution in [-0.4, -0.2) is 249 Å². The van der Waals surface area contributed by atoms with E-state index in [9.17, 15) is 87.5 Å². The van der Waals surface area contributed by atoms with E-state index in [0.29, 0.717) is 22.0 Å². The van der Waals surface area contributed by atoms with Crippen LogP contribution >= 0.6 is 0 Å². The van der Waals surface area contributed by atoms with Crippen LogP contribution in [0.2, 0.25) is 0 Å². The molecular formula is C75H116N20O20. The number of fused-ring (bicyclic) bond motifs is 1. The van der Waals surface area contributed by atoms with E-state index >= 15 is 4.79 Å². The number of hydrogen-bond donors (Lipinski definition) is 21. The zero-order valence-corrected chi connectivity index (χ0v) is 66.4. The monoisotopic (exact) mass is 1620 g/mol. The molecule has 1 fully saturated rings. The Bertz CT molecular complexity index is 3890. The summed E-state index contributed by atoms with van der Waals surface area (Å²) in [5.41, 5.74) is 29.4. The van der Waals surface area contributed by atoms with Crippen molar-refractivity contribution in [3.63, 3.8) is 0 Å². The third-order valence-corrected chi connectivity index (χ3v) is 18.8. The molecule has 40 heteroatoms. The fraction of sp³-hybridized carbons (Fsp3) is 0.587. The maximum atomic E-state index is 15.1. The fourth-order valence-corrected chi connectivity index (χ4v) is 12.4. The number of hydrogen-bond acceptors (Lipinski definition) is 21. The molecule has 4 rings (SSSR count). The summed E-state index contributed by atoms with van der Waals surface area (Å²) in [6, 6.07) is -4.18. The number of primary amides is 1. The number of aromatic amines is 1. The number of nitrogens with zero attached hydrogens (tertiary/aromatic N) is 3. The summed E-state index contributed by atoms with van der Waals surface area (Å²) in [6.45, 7) is 10.1. The van der Waals surface area contributed by atoms with Crippen molar-refractivity contribution in [2.24, 2.45) is 56.4 Å². The standard InChI is InChI=1S/C75H116N20O20/c1-10-40(6)60-71(112)94-61(41(7)97)73(114)115-42(8)62(92-57(100)34-45(98)30-38(2)3)72(113)88-49(23-17-29-82-75(79)80)65(106)91-54(37-96)63(104)84-36-58(101)95(9)55(32-43-18-12-11-13-19-43)70(111)90-52(31-39(4)5)68(109)85-48(22-16-28-81-74(77)78)64(105)87-51(25-27-59(102)103)66(107)86-50(24-26-56(76)99)67(108)89-53(69(110)93-60)33-44-35-83-47-21-15-14-20-46(44)47/h11-15,18-21,35,38-42,45,48-55,60-62,83,96-98H,10,16-17,22-34,36-37H2,1-9H3,(H2,76,99)(H,84,104)(H,85,109)(H,86,107)(H,87,105)(H,88,113)(H,89,108)(H,90,111)(H,91,106)(H,92,100)(H,93,110)(H,94,112)(H,102,103)(H4,77,78,81)(H4,79,80,82)/t40-,41+,42+,45+,48+,49?,50?,51-,52-,53+,54-,55+,60?,61-,62-/m1/s1. The predicted octanol–water partition coefficient (Wildman–Crippen LogP) is -4.81. The first kappa shape index (κ1) is 95.8. The van der Waals surface area contributed by atoms with Gasteiger partial charge in [-0.3, -0.25) is 77.1 Å². The summed E-state index contributed by atoms with van der Waals surface area (Å²) in [7, 11) is 1.22. The molecule has 0 radical (unpaired) electrons. The number of aliphatic carboxylic acids is 1. The number of aliphatic imine (C=N–C) groups is 2. The summed E-state index contributed by atoms with van der Waals surface area (Å²) in [6.07, 6.45) is -7.77. The number of esters is 1. The second-order valence-corrected chi connectivity index (χ2v) is 29.3. The van der Waals surface area contributed by atoms with Gasteiger partial charge in [0, 0.05) is 62.9 Å². The Morgan fingerprint density at radius 2 is 1.08 bits per heavy atom. The molecule has 0 saturated carbocycles. The van der Waals surface area contributed by atoms with Crippen molar-refractivity contribution in [2.45, 2.75) is 230 Å². The van der Waals surface area contributed by atoms with E-state index in [1.807, 2.05) is 0 Å². The highest BCUT2D eigenvalue weighted by molar-refractivity contribution is 6.00. The number of carbonyl (C=O) groups excluding carboxylic acids is 14. The van der Waals surface area contributed by atoms with Crippen molar-refractivity contribution >= 4 is 112 Å². The molecule has 636 valence electrons. The lowest BCUT2D eigenvalue weighted by Crippen LogP contribution is -2.62. The number of aromatic nitrogens is 1. The largest absolute Gasteiger partial charge is 0.481 e. The van der Waals surface area contributed by atoms with Crippen molar-refractivity contribution < 1.29 is 97.1 Å². The van der Waals surface area contributed by atoms with E-state index in [1.54, 1.807) is 95.4 Å². The van der Waals surface area contributed by atoms with Gasteiger partial charge in [0.1, 0.15) is 66.5 Å². The highest BCUT2D eigenvalue weighted by Crippen LogP contribution is 2.22. The lowest BCUT2D eigenvalue weighted by atomic mass is 9.96. The predicted molar refractivity (Wildman–Crippen MR) is 419 cm³/mol. The molecule has 115 heavy (non-hydrogen) atoms. The van der Waals surface area contributed by atoms with Crippen LogP contribution in [-0.2, 0) is 89.5 Å². The number of carboxylic acids is 1. The number of carbonyl (C=O) groups is 15. The number of benzene rings is 2. The van der Waals surface area contributed by atoms with Gasteiger partial charge in [-0.1, -0.05) is 96.5 Å². The molecule has 3 aromatic rings. The Hall–Kier alpha value is -11.5. The highest BCUT2D eigenvalue weighted by atomic mass is 16.5. The summed E-state index contributed by atoms with van der Waals surface area (Å²) < 4.78 is 5.76. The van der Waals surface area contributed by atoms with Gasteiger partial charge in [-0.05, 0) is 100 Å². The molecule has 1 aliphatic rings. The smallest absolute Gasteiger partial charge is 0.331 e. The second-order valence-electron chi connectivity index (χ2n) is 29.3. The third kappa shape index (κ3) is 32.8. The molecule has 1 saturated heterocycles. The van der Waals surface area contributed by atoms with Gasteiger partial charge in [0.2, 0.25) is 76.8 Å². The van der Waals surface area contributed by atoms with Gasteiger partial charge < -0.3 is 122 Å². The van der Waals surface area contributed by atoms with Crippen LogP contribution in [0.15, 0.2) is 70.8 Å². The number of likely N-dealkylation sites (N-methyl/N-ethyl adjacent to an activating group) is 1. The third-order valence-electron chi connectivity index (χ3n) is 18.8. The number of cyclic esters (lactones) is 1. The number of aliphatic hydroxyl groups is 3. The van der Waals surface area contributed by atoms with Crippen LogP contribution in [0.1, 0.15) is 144 Å². The fourth-order valence-electron chi connectivity index (χ4n) is 12.4. The van der Waals surface area contributed by atoms with E-state index in [1.165, 1.54) is 14.0 Å². The summed E-state index contributed by atoms with van der Waals surface area (Å²) >= 11 is 0. The average molecular weight is 1620 g/mol. The van der Waals surface area contributed by atoms with Gasteiger partial charge in [0.05, 0.1) is 31.8 Å². The average Bonchev–Trinajstić information content (AvgIpc) is 1.72. The number of amides is 13. The first-order chi connectivity index (χ1) is 54.2. The van der Waals surface area contributed by atoms with E-state index in [-0.39, 0.29) is 94.6 Å². The molecule has 3 unspecified atom stereocenters. The minimum Gasteiger partial charge on any atom is -0.481 e. The SMILES string of the molecule is CC[C@@H](C)C1NC(=O)[C@H](Cc2c[nH]c3ccccc23)NC(=O)C(CCC(N)=O)NC(=O)[C@@H](CCC(=O)O)NC(=O)[C@H](CCCN=C(N)N)NC(=O)[C@@H](CC(C)C)NC(=O)[C@H](Cc2ccccc2)N(C)C(=O)CNC(=O)[C@@H](CO)NC(=O)C(CCCN=C(N)N)NC(=O)[C@H](NC(=O)C[C@@H](O)CC(C)C)[C@H](C)OC(=O)[C@@H]([C@H](C)O)NC1=O. The maximum absolute atomic E-state index is 15.1. The van der Waals surface area contributed by atoms with Crippen molar-refractivity contribution in [2.75, 3.05) is 33.3 Å². The molecule has 40 nitrogen and oxygen atoms in total. The molecule has 2 heterocycles. The zero-order valence-electron chi connectivity index (χ0n) is 66.4. The van der Waals surface area contributed by atoms with Crippen molar-refractivity contribution in [1.82, 2.24) is 68.4 Å². The lowest BCUT2D eigenvalue weighted by molar-refractivity contribution is -0.159. The van der Waals surface area contributed by atoms with Crippen molar-refractivity contribution in [3.05, 3.63) is 71.9 Å². The molecule has 2 aromatic carbocycles. The lowest BCUT2D eigenvalue weighted by Gasteiger charge is -2.31. The normalized spacial score (nSPS) is 23.8. The van der Waals surface area contributed by atoms with E-state index in [4.69, 9.17) is 33.4 Å². The van der Waals surface area contributed by atoms with Crippen LogP contribution in [0.25, 0.3) is 10.9 Å². The number of rotatable bonds is 29. The van der Waals surface area contributed by atoms with Gasteiger partial charge in [0.25, 0.3) is 0 Å². The van der Waals surface area contributed by atoms with Crippen LogP contribution in [0.5, 0.6) is 0 Å². The number of guanidine groups is 2. The molecule has 1 aromatic heterocycles. The Kier molecular flexibility index (Phi) is 39.9. The van der Waals surface area contributed by atoms with Crippen LogP contribution in [0, 0.1) is 17.8 Å². The summed E-state index contributed by atoms with van der Waals surface area (Å²) in [5, 5.41) is 70.7.